The smallest absolute Gasteiger partial charge is 0.260 e. The number of imide groups is 1. The van der Waals surface area contributed by atoms with Crippen molar-refractivity contribution >= 4 is 45.8 Å². The van der Waals surface area contributed by atoms with Gasteiger partial charge in [-0.25, -0.2) is 13.8 Å². The first-order valence-corrected chi connectivity index (χ1v) is 18.6. The van der Waals surface area contributed by atoms with Gasteiger partial charge in [0.1, 0.15) is 17.4 Å². The Bertz CT molecular complexity index is 2240. The lowest BCUT2D eigenvalue weighted by Crippen LogP contribution is -2.47. The van der Waals surface area contributed by atoms with Gasteiger partial charge in [0.15, 0.2) is 11.5 Å². The van der Waals surface area contributed by atoms with Crippen LogP contribution in [0.4, 0.5) is 20.3 Å². The van der Waals surface area contributed by atoms with Gasteiger partial charge in [0.25, 0.3) is 5.91 Å². The van der Waals surface area contributed by atoms with Crippen LogP contribution in [0, 0.1) is 24.5 Å². The molecule has 282 valence electrons. The van der Waals surface area contributed by atoms with Gasteiger partial charge in [-0.15, -0.1) is 0 Å². The number of carbonyl (C=O) groups excluding carboxylic acids is 3. The molecular weight excluding hydrogens is 696 g/mol. The van der Waals surface area contributed by atoms with E-state index in [4.69, 9.17) is 9.84 Å². The quantitative estimate of drug-likeness (QED) is 0.191. The third kappa shape index (κ3) is 6.88. The number of rotatable bonds is 9. The summed E-state index contributed by atoms with van der Waals surface area (Å²) in [4.78, 5) is 46.0. The van der Waals surface area contributed by atoms with Gasteiger partial charge in [-0.2, -0.15) is 14.7 Å². The van der Waals surface area contributed by atoms with Crippen molar-refractivity contribution in [2.45, 2.75) is 63.8 Å². The Morgan fingerprint density at radius 3 is 2.61 bits per heavy atom. The highest BCUT2D eigenvalue weighted by Gasteiger charge is 2.34. The van der Waals surface area contributed by atoms with E-state index in [9.17, 15) is 14.4 Å². The van der Waals surface area contributed by atoms with Crippen molar-refractivity contribution in [3.63, 3.8) is 0 Å². The number of halogens is 2. The Labute approximate surface area is 310 Å². The Morgan fingerprint density at radius 2 is 1.85 bits per heavy atom. The van der Waals surface area contributed by atoms with Crippen LogP contribution in [0.2, 0.25) is 0 Å². The molecule has 1 atom stereocenters. The predicted octanol–water partition coefficient (Wildman–Crippen LogP) is 5.39. The fourth-order valence-corrected chi connectivity index (χ4v) is 8.32. The third-order valence-corrected chi connectivity index (χ3v) is 11.4. The van der Waals surface area contributed by atoms with Crippen LogP contribution < -0.4 is 20.3 Å². The van der Waals surface area contributed by atoms with Gasteiger partial charge in [0.05, 0.1) is 36.3 Å². The second-order valence-electron chi connectivity index (χ2n) is 14.6. The summed E-state index contributed by atoms with van der Waals surface area (Å²) < 4.78 is 40.0. The van der Waals surface area contributed by atoms with Crippen molar-refractivity contribution in [3.05, 3.63) is 77.2 Å². The number of imidazole rings is 1. The van der Waals surface area contributed by atoms with Gasteiger partial charge in [-0.05, 0) is 82.2 Å². The molecule has 15 heteroatoms. The number of benzene rings is 2. The molecule has 2 saturated heterocycles. The number of anilines is 2. The molecule has 5 aromatic rings. The number of carbonyl (C=O) groups is 3. The summed E-state index contributed by atoms with van der Waals surface area (Å²) in [6, 6.07) is 8.85. The summed E-state index contributed by atoms with van der Waals surface area (Å²) in [5.41, 5.74) is 2.40. The van der Waals surface area contributed by atoms with Crippen molar-refractivity contribution in [2.24, 2.45) is 5.92 Å². The van der Waals surface area contributed by atoms with Gasteiger partial charge in [0, 0.05) is 73.3 Å². The standard InChI is InChI=1S/C39H43F2N9O4/c1-23-31(19-29(40)36(37(23)41)27-9-10-35(51)45-38(27)52)48-16-14-47(15-17-48)13-11-24-5-7-26(8-6-24)49-22-25-18-28(32(54-2)20-30(25)46-49)39(53)44-34-21-42-33-4-3-12-43-50(33)34/h3-4,12,18-22,24,26-27H,5-11,13-17H2,1-2H3,(H,44,53)(H,45,51,52). The SMILES string of the molecule is COc1cc2nn(C3CCC(CCN4CCN(c5cc(F)c(C6CCC(=O)NC6=O)c(F)c5C)CC4)CC3)cc2cc1C(=O)Nc1cnc2cccnn12. The topological polar surface area (TPSA) is 139 Å². The first-order chi connectivity index (χ1) is 26.2. The predicted molar refractivity (Wildman–Crippen MR) is 198 cm³/mol. The van der Waals surface area contributed by atoms with Gasteiger partial charge in [-0.1, -0.05) is 0 Å². The zero-order valence-corrected chi connectivity index (χ0v) is 30.4. The lowest BCUT2D eigenvalue weighted by Gasteiger charge is -2.38. The average Bonchev–Trinajstić information content (AvgIpc) is 3.80. The van der Waals surface area contributed by atoms with Crippen molar-refractivity contribution in [1.29, 1.82) is 0 Å². The molecular formula is C39H43F2N9O4. The number of ether oxygens (including phenoxy) is 1. The van der Waals surface area contributed by atoms with E-state index in [0.717, 1.165) is 62.6 Å². The maximum atomic E-state index is 15.5. The summed E-state index contributed by atoms with van der Waals surface area (Å²) in [5, 5.41) is 15.1. The van der Waals surface area contributed by atoms with Crippen LogP contribution in [0.15, 0.2) is 48.9 Å². The molecule has 5 heterocycles. The molecule has 8 rings (SSSR count). The number of methoxy groups -OCH3 is 1. The molecule has 3 aliphatic rings. The molecule has 3 fully saturated rings. The Morgan fingerprint density at radius 1 is 1.06 bits per heavy atom. The molecule has 1 saturated carbocycles. The van der Waals surface area contributed by atoms with E-state index >= 15 is 8.78 Å². The number of hydrogen-bond acceptors (Lipinski definition) is 9. The minimum atomic E-state index is -1.01. The first-order valence-electron chi connectivity index (χ1n) is 18.6. The Hall–Kier alpha value is -5.44. The van der Waals surface area contributed by atoms with E-state index in [2.05, 4.69) is 25.6 Å². The van der Waals surface area contributed by atoms with Crippen molar-refractivity contribution < 1.29 is 27.9 Å². The molecule has 3 aromatic heterocycles. The monoisotopic (exact) mass is 739 g/mol. The van der Waals surface area contributed by atoms with Crippen molar-refractivity contribution in [1.82, 2.24) is 34.6 Å². The van der Waals surface area contributed by atoms with Gasteiger partial charge < -0.3 is 15.0 Å². The zero-order chi connectivity index (χ0) is 37.5. The number of hydrogen-bond donors (Lipinski definition) is 2. The third-order valence-electron chi connectivity index (χ3n) is 11.4. The van der Waals surface area contributed by atoms with E-state index in [1.54, 1.807) is 37.0 Å². The van der Waals surface area contributed by atoms with Crippen molar-refractivity contribution in [3.8, 4) is 5.75 Å². The number of nitrogens with one attached hydrogen (secondary N) is 2. The molecule has 2 aliphatic heterocycles. The fraction of sp³-hybridized carbons (Fsp3) is 0.436. The van der Waals surface area contributed by atoms with Crippen LogP contribution in [0.1, 0.15) is 78.4 Å². The number of piperazine rings is 1. The highest BCUT2D eigenvalue weighted by molar-refractivity contribution is 6.08. The summed E-state index contributed by atoms with van der Waals surface area (Å²) in [7, 11) is 1.54. The maximum Gasteiger partial charge on any atom is 0.260 e. The van der Waals surface area contributed by atoms with E-state index in [-0.39, 0.29) is 30.4 Å². The minimum absolute atomic E-state index is 0.0616. The Kier molecular flexibility index (Phi) is 9.73. The van der Waals surface area contributed by atoms with E-state index < -0.39 is 29.4 Å². The van der Waals surface area contributed by atoms with Gasteiger partial charge in [0.2, 0.25) is 11.8 Å². The molecule has 54 heavy (non-hydrogen) atoms. The van der Waals surface area contributed by atoms with Crippen LogP contribution in [0.3, 0.4) is 0 Å². The molecule has 1 aliphatic carbocycles. The number of nitrogens with zero attached hydrogens (tertiary/aromatic N) is 7. The highest BCUT2D eigenvalue weighted by Crippen LogP contribution is 2.37. The van der Waals surface area contributed by atoms with Crippen LogP contribution in [0.5, 0.6) is 5.75 Å². The van der Waals surface area contributed by atoms with E-state index in [0.29, 0.717) is 53.0 Å². The largest absolute Gasteiger partial charge is 0.496 e. The first kappa shape index (κ1) is 35.6. The maximum absolute atomic E-state index is 15.5. The average molecular weight is 740 g/mol. The lowest BCUT2D eigenvalue weighted by atomic mass is 9.84. The zero-order valence-electron chi connectivity index (χ0n) is 30.4. The summed E-state index contributed by atoms with van der Waals surface area (Å²) in [6.45, 7) is 5.51. The molecule has 0 radical (unpaired) electrons. The normalized spacial score (nSPS) is 21.1. The summed E-state index contributed by atoms with van der Waals surface area (Å²) in [5.74, 6) is -2.33. The summed E-state index contributed by atoms with van der Waals surface area (Å²) in [6.07, 6.45) is 10.7. The number of amides is 3. The Balaban J connectivity index is 0.836. The molecule has 0 bridgehead atoms. The van der Waals surface area contributed by atoms with Crippen LogP contribution in [-0.2, 0) is 9.59 Å². The minimum Gasteiger partial charge on any atom is -0.496 e. The van der Waals surface area contributed by atoms with Crippen LogP contribution in [-0.4, -0.2) is 86.8 Å². The van der Waals surface area contributed by atoms with Crippen LogP contribution >= 0.6 is 0 Å². The van der Waals surface area contributed by atoms with Gasteiger partial charge in [-0.3, -0.25) is 29.3 Å². The fourth-order valence-electron chi connectivity index (χ4n) is 8.32. The summed E-state index contributed by atoms with van der Waals surface area (Å²) >= 11 is 0. The van der Waals surface area contributed by atoms with E-state index in [1.165, 1.54) is 6.07 Å². The molecule has 0 spiro atoms. The van der Waals surface area contributed by atoms with Crippen molar-refractivity contribution in [2.75, 3.05) is 50.1 Å². The molecule has 2 aromatic carbocycles. The lowest BCUT2D eigenvalue weighted by molar-refractivity contribution is -0.134. The van der Waals surface area contributed by atoms with E-state index in [1.807, 2.05) is 34.0 Å². The number of fused-ring (bicyclic) bond motifs is 2. The second kappa shape index (κ2) is 14.8. The molecule has 2 N–H and O–H groups in total. The molecule has 3 amide bonds. The van der Waals surface area contributed by atoms with Crippen LogP contribution in [0.25, 0.3) is 16.6 Å². The molecule has 1 unspecified atom stereocenters. The number of aromatic nitrogens is 5. The number of piperidine rings is 1. The van der Waals surface area contributed by atoms with Gasteiger partial charge >= 0.3 is 0 Å². The molecule has 13 nitrogen and oxygen atoms in total. The second-order valence-corrected chi connectivity index (χ2v) is 14.6. The highest BCUT2D eigenvalue weighted by atomic mass is 19.1.